The molecule has 0 bridgehead atoms. The van der Waals surface area contributed by atoms with Gasteiger partial charge in [-0.15, -0.1) is 6.42 Å². The van der Waals surface area contributed by atoms with Crippen LogP contribution < -0.4 is 10.1 Å². The number of halogens is 1. The lowest BCUT2D eigenvalue weighted by atomic mass is 9.92. The first-order valence-corrected chi connectivity index (χ1v) is 8.79. The highest BCUT2D eigenvalue weighted by atomic mass is 19.1. The molecule has 136 valence electrons. The second kappa shape index (κ2) is 7.76. The molecule has 1 fully saturated rings. The number of carbonyl (C=O) groups is 1. The molecule has 26 heavy (non-hydrogen) atoms. The number of carbonyl (C=O) groups excluding carboxylic acids is 1. The summed E-state index contributed by atoms with van der Waals surface area (Å²) >= 11 is 0. The minimum Gasteiger partial charge on any atom is -0.410 e. The molecule has 1 N–H and O–H groups in total. The van der Waals surface area contributed by atoms with Crippen LogP contribution in [0.1, 0.15) is 43.7 Å². The standard InChI is InChI=1S/C21H22FNO3/c1-4-17-19(22)8-7-14-10-16(11-18(13(2)3)20(14)17)26-21(24)23-12-15-6-5-9-25-15/h1,7-8,10-11,13,15H,5-6,9,12H2,2-3H3,(H,23,24)/t15-/m0/s1. The van der Waals surface area contributed by atoms with E-state index in [0.29, 0.717) is 17.7 Å². The summed E-state index contributed by atoms with van der Waals surface area (Å²) in [6.45, 7) is 5.14. The number of terminal acetylenes is 1. The molecule has 1 amide bonds. The van der Waals surface area contributed by atoms with E-state index < -0.39 is 11.9 Å². The monoisotopic (exact) mass is 355 g/mol. The van der Waals surface area contributed by atoms with E-state index in [1.54, 1.807) is 18.2 Å². The molecule has 4 nitrogen and oxygen atoms in total. The van der Waals surface area contributed by atoms with Crippen LogP contribution in [0.15, 0.2) is 24.3 Å². The number of benzene rings is 2. The van der Waals surface area contributed by atoms with Gasteiger partial charge < -0.3 is 14.8 Å². The minimum atomic E-state index is -0.533. The molecule has 2 aromatic carbocycles. The van der Waals surface area contributed by atoms with Crippen molar-refractivity contribution in [3.63, 3.8) is 0 Å². The molecule has 1 heterocycles. The molecule has 0 saturated carbocycles. The Balaban J connectivity index is 1.86. The number of nitrogens with one attached hydrogen (secondary N) is 1. The van der Waals surface area contributed by atoms with Crippen LogP contribution in [0, 0.1) is 18.2 Å². The number of rotatable bonds is 4. The Morgan fingerprint density at radius 3 is 2.92 bits per heavy atom. The van der Waals surface area contributed by atoms with Gasteiger partial charge >= 0.3 is 6.09 Å². The largest absolute Gasteiger partial charge is 0.412 e. The fraction of sp³-hybridized carbons (Fsp3) is 0.381. The van der Waals surface area contributed by atoms with Gasteiger partial charge in [0, 0.05) is 18.5 Å². The summed E-state index contributed by atoms with van der Waals surface area (Å²) in [5, 5.41) is 4.16. The third-order valence-corrected chi connectivity index (χ3v) is 4.55. The van der Waals surface area contributed by atoms with Crippen LogP contribution in [-0.2, 0) is 4.74 Å². The van der Waals surface area contributed by atoms with E-state index in [1.165, 1.54) is 6.07 Å². The van der Waals surface area contributed by atoms with Crippen LogP contribution in [0.4, 0.5) is 9.18 Å². The third kappa shape index (κ3) is 3.81. The van der Waals surface area contributed by atoms with E-state index in [9.17, 15) is 9.18 Å². The van der Waals surface area contributed by atoms with Crippen molar-refractivity contribution in [3.05, 3.63) is 41.2 Å². The van der Waals surface area contributed by atoms with Crippen molar-refractivity contribution in [2.75, 3.05) is 13.2 Å². The summed E-state index contributed by atoms with van der Waals surface area (Å²) in [5.41, 5.74) is 1.08. The molecular weight excluding hydrogens is 333 g/mol. The number of ether oxygens (including phenoxy) is 2. The van der Waals surface area contributed by atoms with E-state index >= 15 is 0 Å². The summed E-state index contributed by atoms with van der Waals surface area (Å²) in [5.74, 6) is 2.50. The lowest BCUT2D eigenvalue weighted by Crippen LogP contribution is -2.33. The molecule has 1 atom stereocenters. The Kier molecular flexibility index (Phi) is 5.43. The van der Waals surface area contributed by atoms with Crippen molar-refractivity contribution in [1.29, 1.82) is 0 Å². The predicted molar refractivity (Wildman–Crippen MR) is 98.9 cm³/mol. The molecule has 3 rings (SSSR count). The summed E-state index contributed by atoms with van der Waals surface area (Å²) in [4.78, 5) is 12.1. The Bertz CT molecular complexity index is 864. The molecule has 1 aliphatic heterocycles. The maximum atomic E-state index is 14.1. The van der Waals surface area contributed by atoms with E-state index in [1.807, 2.05) is 13.8 Å². The predicted octanol–water partition coefficient (Wildman–Crippen LogP) is 4.35. The van der Waals surface area contributed by atoms with Crippen LogP contribution in [0.2, 0.25) is 0 Å². The highest BCUT2D eigenvalue weighted by Gasteiger charge is 2.18. The molecule has 0 spiro atoms. The van der Waals surface area contributed by atoms with Gasteiger partial charge in [-0.1, -0.05) is 25.8 Å². The van der Waals surface area contributed by atoms with Gasteiger partial charge in [0.15, 0.2) is 0 Å². The molecular formula is C21H22FNO3. The molecule has 1 saturated heterocycles. The number of hydrogen-bond donors (Lipinski definition) is 1. The highest BCUT2D eigenvalue weighted by Crippen LogP contribution is 2.33. The van der Waals surface area contributed by atoms with Crippen molar-refractivity contribution in [3.8, 4) is 18.1 Å². The van der Waals surface area contributed by atoms with Gasteiger partial charge in [-0.25, -0.2) is 9.18 Å². The Morgan fingerprint density at radius 1 is 1.46 bits per heavy atom. The van der Waals surface area contributed by atoms with E-state index in [-0.39, 0.29) is 17.6 Å². The molecule has 5 heteroatoms. The normalized spacial score (nSPS) is 16.7. The molecule has 0 aromatic heterocycles. The van der Waals surface area contributed by atoms with Crippen LogP contribution in [0.5, 0.6) is 5.75 Å². The second-order valence-corrected chi connectivity index (χ2v) is 6.74. The van der Waals surface area contributed by atoms with Crippen LogP contribution in [0.25, 0.3) is 10.8 Å². The van der Waals surface area contributed by atoms with E-state index in [4.69, 9.17) is 15.9 Å². The molecule has 2 aromatic rings. The Morgan fingerprint density at radius 2 is 2.27 bits per heavy atom. The zero-order valence-electron chi connectivity index (χ0n) is 15.0. The first kappa shape index (κ1) is 18.2. The van der Waals surface area contributed by atoms with Crippen LogP contribution in [-0.4, -0.2) is 25.3 Å². The summed E-state index contributed by atoms with van der Waals surface area (Å²) in [7, 11) is 0. The third-order valence-electron chi connectivity index (χ3n) is 4.55. The molecule has 1 aliphatic rings. The topological polar surface area (TPSA) is 47.6 Å². The van der Waals surface area contributed by atoms with Crippen LogP contribution in [0.3, 0.4) is 0 Å². The van der Waals surface area contributed by atoms with Crippen molar-refractivity contribution in [1.82, 2.24) is 5.32 Å². The SMILES string of the molecule is C#Cc1c(F)ccc2cc(OC(=O)NC[C@@H]3CCCO3)cc(C(C)C)c12. The van der Waals surface area contributed by atoms with Gasteiger partial charge in [-0.05, 0) is 47.9 Å². The fourth-order valence-corrected chi connectivity index (χ4v) is 3.25. The summed E-state index contributed by atoms with van der Waals surface area (Å²) in [6, 6.07) is 6.43. The van der Waals surface area contributed by atoms with Gasteiger partial charge in [-0.2, -0.15) is 0 Å². The van der Waals surface area contributed by atoms with Gasteiger partial charge in [-0.3, -0.25) is 0 Å². The van der Waals surface area contributed by atoms with Crippen molar-refractivity contribution in [2.24, 2.45) is 0 Å². The van der Waals surface area contributed by atoms with Gasteiger partial charge in [0.2, 0.25) is 0 Å². The zero-order valence-corrected chi connectivity index (χ0v) is 15.0. The summed E-state index contributed by atoms with van der Waals surface area (Å²) < 4.78 is 25.0. The van der Waals surface area contributed by atoms with Crippen molar-refractivity contribution in [2.45, 2.75) is 38.7 Å². The number of fused-ring (bicyclic) bond motifs is 1. The fourth-order valence-electron chi connectivity index (χ4n) is 3.25. The van der Waals surface area contributed by atoms with E-state index in [0.717, 1.165) is 30.4 Å². The van der Waals surface area contributed by atoms with E-state index in [2.05, 4.69) is 11.2 Å². The lowest BCUT2D eigenvalue weighted by Gasteiger charge is -2.16. The maximum absolute atomic E-state index is 14.1. The first-order chi connectivity index (χ1) is 12.5. The average Bonchev–Trinajstić information content (AvgIpc) is 3.13. The number of hydrogen-bond acceptors (Lipinski definition) is 3. The average molecular weight is 355 g/mol. The summed E-state index contributed by atoms with van der Waals surface area (Å²) in [6.07, 6.45) is 6.97. The Hall–Kier alpha value is -2.58. The van der Waals surface area contributed by atoms with Gasteiger partial charge in [0.25, 0.3) is 0 Å². The first-order valence-electron chi connectivity index (χ1n) is 8.79. The molecule has 0 aliphatic carbocycles. The molecule has 0 unspecified atom stereocenters. The van der Waals surface area contributed by atoms with Crippen LogP contribution >= 0.6 is 0 Å². The van der Waals surface area contributed by atoms with Crippen molar-refractivity contribution < 1.29 is 18.7 Å². The minimum absolute atomic E-state index is 0.0477. The second-order valence-electron chi connectivity index (χ2n) is 6.74. The molecule has 0 radical (unpaired) electrons. The zero-order chi connectivity index (χ0) is 18.7. The Labute approximate surface area is 152 Å². The lowest BCUT2D eigenvalue weighted by molar-refractivity contribution is 0.108. The van der Waals surface area contributed by atoms with Gasteiger partial charge in [0.05, 0.1) is 11.7 Å². The number of amides is 1. The maximum Gasteiger partial charge on any atom is 0.412 e. The quantitative estimate of drug-likeness (QED) is 0.830. The highest BCUT2D eigenvalue weighted by molar-refractivity contribution is 5.93. The van der Waals surface area contributed by atoms with Gasteiger partial charge in [0.1, 0.15) is 11.6 Å². The van der Waals surface area contributed by atoms with Crippen molar-refractivity contribution >= 4 is 16.9 Å². The smallest absolute Gasteiger partial charge is 0.410 e.